The number of ether oxygens (including phenoxy) is 1. The van der Waals surface area contributed by atoms with Gasteiger partial charge in [-0.3, -0.25) is 9.10 Å². The van der Waals surface area contributed by atoms with Crippen molar-refractivity contribution in [2.45, 2.75) is 26.3 Å². The summed E-state index contributed by atoms with van der Waals surface area (Å²) in [7, 11) is -3.61. The van der Waals surface area contributed by atoms with Gasteiger partial charge in [0.25, 0.3) is 0 Å². The highest BCUT2D eigenvalue weighted by Gasteiger charge is 2.22. The maximum absolute atomic E-state index is 12.5. The third-order valence-corrected chi connectivity index (χ3v) is 5.21. The molecule has 0 aliphatic rings. The number of sulfonamides is 1. The molecule has 0 saturated heterocycles. The maximum Gasteiger partial charge on any atom is 0.241 e. The molecule has 0 heterocycles. The molecule has 0 aromatic heterocycles. The number of nitrogens with one attached hydrogen (secondary N) is 1. The van der Waals surface area contributed by atoms with Crippen LogP contribution in [0, 0.1) is 0 Å². The quantitative estimate of drug-likeness (QED) is 0.714. The molecule has 0 saturated carbocycles. The van der Waals surface area contributed by atoms with Crippen LogP contribution < -0.4 is 14.4 Å². The molecule has 0 bridgehead atoms. The molecular formula is C20H26N2O4S. The Balaban J connectivity index is 2.14. The average molecular weight is 391 g/mol. The van der Waals surface area contributed by atoms with Crippen LogP contribution in [0.1, 0.15) is 31.9 Å². The molecule has 7 heteroatoms. The van der Waals surface area contributed by atoms with Gasteiger partial charge in [0.1, 0.15) is 12.3 Å². The highest BCUT2D eigenvalue weighted by atomic mass is 32.2. The molecule has 2 aromatic carbocycles. The van der Waals surface area contributed by atoms with E-state index in [0.717, 1.165) is 16.1 Å². The number of hydrogen-bond donors (Lipinski definition) is 1. The summed E-state index contributed by atoms with van der Waals surface area (Å²) < 4.78 is 30.9. The third-order valence-electron chi connectivity index (χ3n) is 4.07. The lowest BCUT2D eigenvalue weighted by atomic mass is 10.0. The van der Waals surface area contributed by atoms with Crippen molar-refractivity contribution in [3.05, 3.63) is 60.2 Å². The van der Waals surface area contributed by atoms with Crippen LogP contribution in [-0.4, -0.2) is 33.7 Å². The largest absolute Gasteiger partial charge is 0.494 e. The number of anilines is 1. The van der Waals surface area contributed by atoms with Gasteiger partial charge in [-0.1, -0.05) is 37.3 Å². The van der Waals surface area contributed by atoms with Gasteiger partial charge in [-0.2, -0.15) is 0 Å². The maximum atomic E-state index is 12.5. The summed E-state index contributed by atoms with van der Waals surface area (Å²) in [6.07, 6.45) is 1.79. The van der Waals surface area contributed by atoms with E-state index < -0.39 is 10.0 Å². The highest BCUT2D eigenvalue weighted by molar-refractivity contribution is 7.92. The first-order chi connectivity index (χ1) is 12.8. The van der Waals surface area contributed by atoms with Crippen LogP contribution in [0.2, 0.25) is 0 Å². The van der Waals surface area contributed by atoms with Crippen LogP contribution in [-0.2, 0) is 14.8 Å². The van der Waals surface area contributed by atoms with Gasteiger partial charge >= 0.3 is 0 Å². The predicted molar refractivity (Wildman–Crippen MR) is 107 cm³/mol. The summed E-state index contributed by atoms with van der Waals surface area (Å²) in [6, 6.07) is 16.1. The van der Waals surface area contributed by atoms with Crippen molar-refractivity contribution >= 4 is 21.6 Å². The zero-order chi connectivity index (χ0) is 19.9. The minimum Gasteiger partial charge on any atom is -0.494 e. The van der Waals surface area contributed by atoms with Gasteiger partial charge in [-0.05, 0) is 43.2 Å². The van der Waals surface area contributed by atoms with Gasteiger partial charge < -0.3 is 10.1 Å². The molecule has 0 aliphatic heterocycles. The van der Waals surface area contributed by atoms with E-state index in [2.05, 4.69) is 5.32 Å². The lowest BCUT2D eigenvalue weighted by molar-refractivity contribution is -0.120. The Bertz CT molecular complexity index is 836. The molecule has 1 N–H and O–H groups in total. The Kier molecular flexibility index (Phi) is 7.24. The number of carbonyl (C=O) groups excluding carboxylic acids is 1. The van der Waals surface area contributed by atoms with Crippen LogP contribution in [0.5, 0.6) is 5.75 Å². The molecular weight excluding hydrogens is 364 g/mol. The number of nitrogens with zero attached hydrogens (tertiary/aromatic N) is 1. The summed E-state index contributed by atoms with van der Waals surface area (Å²) in [5.41, 5.74) is 1.41. The number of amides is 1. The second-order valence-electron chi connectivity index (χ2n) is 6.14. The van der Waals surface area contributed by atoms with Crippen molar-refractivity contribution < 1.29 is 17.9 Å². The van der Waals surface area contributed by atoms with Crippen molar-refractivity contribution in [2.75, 3.05) is 23.7 Å². The van der Waals surface area contributed by atoms with E-state index in [0.29, 0.717) is 24.5 Å². The van der Waals surface area contributed by atoms with E-state index in [-0.39, 0.29) is 18.5 Å². The van der Waals surface area contributed by atoms with Gasteiger partial charge in [0.2, 0.25) is 15.9 Å². The zero-order valence-corrected chi connectivity index (χ0v) is 16.7. The second kappa shape index (κ2) is 9.41. The molecule has 0 radical (unpaired) electrons. The normalized spacial score (nSPS) is 12.3. The second-order valence-corrected chi connectivity index (χ2v) is 8.04. The fourth-order valence-electron chi connectivity index (χ4n) is 2.75. The minimum atomic E-state index is -3.61. The summed E-state index contributed by atoms with van der Waals surface area (Å²) in [5.74, 6) is 0.291. The third kappa shape index (κ3) is 5.99. The molecule has 6 nitrogen and oxygen atoms in total. The number of carbonyl (C=O) groups is 1. The SMILES string of the molecule is CCOc1ccc(N(CC(=O)N[C@@H](CC)c2ccccc2)S(C)(=O)=O)cc1. The van der Waals surface area contributed by atoms with Crippen LogP contribution in [0.15, 0.2) is 54.6 Å². The molecule has 0 unspecified atom stereocenters. The summed E-state index contributed by atoms with van der Waals surface area (Å²) >= 11 is 0. The average Bonchev–Trinajstić information content (AvgIpc) is 2.65. The van der Waals surface area contributed by atoms with Gasteiger partial charge in [-0.25, -0.2) is 8.42 Å². The summed E-state index contributed by atoms with van der Waals surface area (Å²) in [4.78, 5) is 12.5. The van der Waals surface area contributed by atoms with Gasteiger partial charge in [0.05, 0.1) is 24.6 Å². The molecule has 2 rings (SSSR count). The molecule has 0 fully saturated rings. The topological polar surface area (TPSA) is 75.7 Å². The molecule has 146 valence electrons. The molecule has 27 heavy (non-hydrogen) atoms. The van der Waals surface area contributed by atoms with E-state index in [4.69, 9.17) is 4.74 Å². The van der Waals surface area contributed by atoms with Gasteiger partial charge in [0.15, 0.2) is 0 Å². The van der Waals surface area contributed by atoms with Crippen molar-refractivity contribution in [2.24, 2.45) is 0 Å². The van der Waals surface area contributed by atoms with Crippen LogP contribution in [0.3, 0.4) is 0 Å². The lowest BCUT2D eigenvalue weighted by Crippen LogP contribution is -2.41. The van der Waals surface area contributed by atoms with E-state index in [1.54, 1.807) is 24.3 Å². The summed E-state index contributed by atoms with van der Waals surface area (Å²) in [6.45, 7) is 4.09. The van der Waals surface area contributed by atoms with E-state index >= 15 is 0 Å². The predicted octanol–water partition coefficient (Wildman–Crippen LogP) is 3.12. The Hall–Kier alpha value is -2.54. The Morgan fingerprint density at radius 1 is 1.07 bits per heavy atom. The fourth-order valence-corrected chi connectivity index (χ4v) is 3.61. The first-order valence-electron chi connectivity index (χ1n) is 8.90. The van der Waals surface area contributed by atoms with E-state index in [1.807, 2.05) is 44.2 Å². The van der Waals surface area contributed by atoms with Crippen LogP contribution in [0.25, 0.3) is 0 Å². The van der Waals surface area contributed by atoms with Crippen LogP contribution in [0.4, 0.5) is 5.69 Å². The number of benzene rings is 2. The van der Waals surface area contributed by atoms with Crippen molar-refractivity contribution in [1.82, 2.24) is 5.32 Å². The van der Waals surface area contributed by atoms with E-state index in [9.17, 15) is 13.2 Å². The fraction of sp³-hybridized carbons (Fsp3) is 0.350. The monoisotopic (exact) mass is 390 g/mol. The number of rotatable bonds is 9. The molecule has 0 spiro atoms. The molecule has 1 amide bonds. The van der Waals surface area contributed by atoms with E-state index in [1.165, 1.54) is 0 Å². The lowest BCUT2D eigenvalue weighted by Gasteiger charge is -2.24. The zero-order valence-electron chi connectivity index (χ0n) is 15.9. The first-order valence-corrected chi connectivity index (χ1v) is 10.7. The Morgan fingerprint density at radius 3 is 2.22 bits per heavy atom. The molecule has 2 aromatic rings. The minimum absolute atomic E-state index is 0.166. The Morgan fingerprint density at radius 2 is 1.70 bits per heavy atom. The number of hydrogen-bond acceptors (Lipinski definition) is 4. The van der Waals surface area contributed by atoms with Crippen LogP contribution >= 0.6 is 0 Å². The van der Waals surface area contributed by atoms with Gasteiger partial charge in [0, 0.05) is 0 Å². The smallest absolute Gasteiger partial charge is 0.241 e. The molecule has 1 atom stereocenters. The van der Waals surface area contributed by atoms with Gasteiger partial charge in [-0.15, -0.1) is 0 Å². The van der Waals surface area contributed by atoms with Crippen molar-refractivity contribution in [3.63, 3.8) is 0 Å². The highest BCUT2D eigenvalue weighted by Crippen LogP contribution is 2.22. The van der Waals surface area contributed by atoms with Crippen molar-refractivity contribution in [3.8, 4) is 5.75 Å². The standard InChI is InChI=1S/C20H26N2O4S/c1-4-19(16-9-7-6-8-10-16)21-20(23)15-22(27(3,24)25)17-11-13-18(14-12-17)26-5-2/h6-14,19H,4-5,15H2,1-3H3,(H,21,23)/t19-/m0/s1. The Labute approximate surface area is 161 Å². The summed E-state index contributed by atoms with van der Waals surface area (Å²) in [5, 5.41) is 2.92. The first kappa shape index (κ1) is 20.8. The molecule has 0 aliphatic carbocycles. The van der Waals surface area contributed by atoms with Crippen molar-refractivity contribution in [1.29, 1.82) is 0 Å².